The summed E-state index contributed by atoms with van der Waals surface area (Å²) in [6.07, 6.45) is 2.08. The Kier molecular flexibility index (Phi) is 4.53. The van der Waals surface area contributed by atoms with E-state index in [1.54, 1.807) is 0 Å². The zero-order valence-corrected chi connectivity index (χ0v) is 11.8. The summed E-state index contributed by atoms with van der Waals surface area (Å²) in [6, 6.07) is 12.4. The number of ether oxygens (including phenoxy) is 1. The van der Waals surface area contributed by atoms with Crippen molar-refractivity contribution in [1.82, 2.24) is 9.78 Å². The molecule has 0 saturated heterocycles. The van der Waals surface area contributed by atoms with Crippen LogP contribution >= 0.6 is 0 Å². The summed E-state index contributed by atoms with van der Waals surface area (Å²) in [6.45, 7) is 7.39. The fourth-order valence-electron chi connectivity index (χ4n) is 2.06. The lowest BCUT2D eigenvalue weighted by atomic mass is 10.1. The van der Waals surface area contributed by atoms with E-state index in [0.29, 0.717) is 6.61 Å². The minimum Gasteiger partial charge on any atom is -0.378 e. The molecule has 0 spiro atoms. The first-order valence-electron chi connectivity index (χ1n) is 6.59. The molecule has 2 aromatic rings. The predicted octanol–water partition coefficient (Wildman–Crippen LogP) is 3.43. The van der Waals surface area contributed by atoms with E-state index >= 15 is 0 Å². The van der Waals surface area contributed by atoms with Gasteiger partial charge in [0.1, 0.15) is 0 Å². The Morgan fingerprint density at radius 2 is 2.00 bits per heavy atom. The molecule has 0 unspecified atom stereocenters. The lowest BCUT2D eigenvalue weighted by molar-refractivity contribution is 0.177. The largest absolute Gasteiger partial charge is 0.378 e. The highest BCUT2D eigenvalue weighted by Gasteiger charge is 2.08. The van der Waals surface area contributed by atoms with E-state index in [1.807, 2.05) is 36.7 Å². The fourth-order valence-corrected chi connectivity index (χ4v) is 2.06. The normalized spacial score (nSPS) is 11.8. The van der Waals surface area contributed by atoms with Crippen LogP contribution in [0.3, 0.4) is 0 Å². The monoisotopic (exact) mass is 256 g/mol. The molecule has 0 amide bonds. The first kappa shape index (κ1) is 13.6. The van der Waals surface area contributed by atoms with Crippen LogP contribution in [0, 0.1) is 13.8 Å². The predicted molar refractivity (Wildman–Crippen MR) is 78.0 cm³/mol. The zero-order chi connectivity index (χ0) is 13.7. The minimum absolute atomic E-state index is 0.596. The van der Waals surface area contributed by atoms with Gasteiger partial charge in [0.15, 0.2) is 0 Å². The maximum absolute atomic E-state index is 5.44. The Morgan fingerprint density at radius 3 is 2.58 bits per heavy atom. The molecule has 1 aromatic carbocycles. The second-order valence-corrected chi connectivity index (χ2v) is 4.45. The lowest BCUT2D eigenvalue weighted by Crippen LogP contribution is -2.05. The number of nitrogens with zero attached hydrogens (tertiary/aromatic N) is 2. The van der Waals surface area contributed by atoms with E-state index < -0.39 is 0 Å². The molecule has 3 heteroatoms. The summed E-state index contributed by atoms with van der Waals surface area (Å²) in [5.74, 6) is 0. The molecule has 3 nitrogen and oxygen atoms in total. The van der Waals surface area contributed by atoms with Crippen LogP contribution in [0.2, 0.25) is 0 Å². The van der Waals surface area contributed by atoms with Crippen molar-refractivity contribution in [1.29, 1.82) is 0 Å². The maximum Gasteiger partial charge on any atom is 0.0704 e. The molecule has 0 atom stereocenters. The van der Waals surface area contributed by atoms with Gasteiger partial charge in [0.25, 0.3) is 0 Å². The number of rotatable bonds is 5. The Bertz CT molecular complexity index is 555. The summed E-state index contributed by atoms with van der Waals surface area (Å²) < 4.78 is 7.41. The van der Waals surface area contributed by atoms with Crippen LogP contribution in [0.25, 0.3) is 5.70 Å². The van der Waals surface area contributed by atoms with Crippen molar-refractivity contribution in [3.8, 4) is 0 Å². The lowest BCUT2D eigenvalue weighted by Gasteiger charge is -2.10. The van der Waals surface area contributed by atoms with Gasteiger partial charge in [-0.3, -0.25) is 0 Å². The Labute approximate surface area is 114 Å². The van der Waals surface area contributed by atoms with Gasteiger partial charge in [0, 0.05) is 12.3 Å². The molecule has 0 N–H and O–H groups in total. The molecule has 0 saturated carbocycles. The van der Waals surface area contributed by atoms with Gasteiger partial charge >= 0.3 is 0 Å². The molecule has 1 heterocycles. The molecule has 0 aliphatic heterocycles. The van der Waals surface area contributed by atoms with E-state index in [2.05, 4.69) is 36.3 Å². The fraction of sp³-hybridized carbons (Fsp3) is 0.312. The maximum atomic E-state index is 5.44. The molecule has 0 aliphatic carbocycles. The summed E-state index contributed by atoms with van der Waals surface area (Å²) in [4.78, 5) is 0. The summed E-state index contributed by atoms with van der Waals surface area (Å²) in [5.41, 5.74) is 4.37. The minimum atomic E-state index is 0.596. The van der Waals surface area contributed by atoms with E-state index in [1.165, 1.54) is 0 Å². The van der Waals surface area contributed by atoms with E-state index in [0.717, 1.165) is 29.3 Å². The zero-order valence-electron chi connectivity index (χ0n) is 11.8. The first-order chi connectivity index (χ1) is 9.22. The third kappa shape index (κ3) is 3.32. The van der Waals surface area contributed by atoms with Crippen molar-refractivity contribution in [3.05, 3.63) is 59.4 Å². The van der Waals surface area contributed by atoms with Crippen molar-refractivity contribution in [2.24, 2.45) is 0 Å². The van der Waals surface area contributed by atoms with E-state index in [-0.39, 0.29) is 0 Å². The topological polar surface area (TPSA) is 27.1 Å². The van der Waals surface area contributed by atoms with Crippen LogP contribution in [-0.2, 0) is 4.74 Å². The molecule has 0 fully saturated rings. The van der Waals surface area contributed by atoms with Crippen LogP contribution in [0.15, 0.2) is 42.5 Å². The molecule has 0 aliphatic rings. The van der Waals surface area contributed by atoms with Crippen LogP contribution in [0.4, 0.5) is 0 Å². The number of benzene rings is 1. The first-order valence-corrected chi connectivity index (χ1v) is 6.59. The van der Waals surface area contributed by atoms with E-state index in [4.69, 9.17) is 4.74 Å². The van der Waals surface area contributed by atoms with Gasteiger partial charge in [-0.05, 0) is 38.5 Å². The summed E-state index contributed by atoms with van der Waals surface area (Å²) in [5, 5.41) is 4.56. The number of aryl methyl sites for hydroxylation is 2. The molecular formula is C16H20N2O. The average Bonchev–Trinajstić information content (AvgIpc) is 2.75. The third-order valence-electron chi connectivity index (χ3n) is 2.91. The average molecular weight is 256 g/mol. The highest BCUT2D eigenvalue weighted by atomic mass is 16.5. The highest BCUT2D eigenvalue weighted by molar-refractivity contribution is 5.65. The SMILES string of the molecule is CCOC/C=C(/c1ccccc1)n1nc(C)cc1C. The molecular weight excluding hydrogens is 236 g/mol. The molecule has 100 valence electrons. The van der Waals surface area contributed by atoms with Gasteiger partial charge in [-0.1, -0.05) is 30.3 Å². The van der Waals surface area contributed by atoms with Crippen molar-refractivity contribution in [2.75, 3.05) is 13.2 Å². The highest BCUT2D eigenvalue weighted by Crippen LogP contribution is 2.18. The van der Waals surface area contributed by atoms with Crippen molar-refractivity contribution in [3.63, 3.8) is 0 Å². The quantitative estimate of drug-likeness (QED) is 0.766. The van der Waals surface area contributed by atoms with E-state index in [9.17, 15) is 0 Å². The van der Waals surface area contributed by atoms with Crippen molar-refractivity contribution in [2.45, 2.75) is 20.8 Å². The Hall–Kier alpha value is -1.87. The Morgan fingerprint density at radius 1 is 1.26 bits per heavy atom. The molecule has 0 radical (unpaired) electrons. The standard InChI is InChI=1S/C16H20N2O/c1-4-19-11-10-16(15-8-6-5-7-9-15)18-14(3)12-13(2)17-18/h5-10,12H,4,11H2,1-3H3/b16-10-. The van der Waals surface area contributed by atoms with Crippen LogP contribution in [0.5, 0.6) is 0 Å². The summed E-state index contributed by atoms with van der Waals surface area (Å²) in [7, 11) is 0. The smallest absolute Gasteiger partial charge is 0.0704 e. The van der Waals surface area contributed by atoms with Crippen molar-refractivity contribution >= 4 is 5.70 Å². The van der Waals surface area contributed by atoms with Crippen LogP contribution in [-0.4, -0.2) is 23.0 Å². The van der Waals surface area contributed by atoms with Gasteiger partial charge in [0.05, 0.1) is 18.0 Å². The molecule has 0 bridgehead atoms. The van der Waals surface area contributed by atoms with Gasteiger partial charge in [-0.2, -0.15) is 5.10 Å². The van der Waals surface area contributed by atoms with Gasteiger partial charge < -0.3 is 4.74 Å². The summed E-state index contributed by atoms with van der Waals surface area (Å²) >= 11 is 0. The Balaban J connectivity index is 2.40. The van der Waals surface area contributed by atoms with Gasteiger partial charge in [0.2, 0.25) is 0 Å². The van der Waals surface area contributed by atoms with Crippen LogP contribution < -0.4 is 0 Å². The number of hydrogen-bond acceptors (Lipinski definition) is 2. The van der Waals surface area contributed by atoms with Crippen LogP contribution in [0.1, 0.15) is 23.9 Å². The molecule has 19 heavy (non-hydrogen) atoms. The van der Waals surface area contributed by atoms with Crippen molar-refractivity contribution < 1.29 is 4.74 Å². The van der Waals surface area contributed by atoms with Gasteiger partial charge in [-0.25, -0.2) is 4.68 Å². The van der Waals surface area contributed by atoms with Gasteiger partial charge in [-0.15, -0.1) is 0 Å². The second-order valence-electron chi connectivity index (χ2n) is 4.45. The number of aromatic nitrogens is 2. The molecule has 1 aromatic heterocycles. The number of hydrogen-bond donors (Lipinski definition) is 0. The molecule has 2 rings (SSSR count). The second kappa shape index (κ2) is 6.34. The third-order valence-corrected chi connectivity index (χ3v) is 2.91.